The lowest BCUT2D eigenvalue weighted by Crippen LogP contribution is -2.18. The summed E-state index contributed by atoms with van der Waals surface area (Å²) in [5.74, 6) is -1.63. The lowest BCUT2D eigenvalue weighted by molar-refractivity contribution is -0.139. The Bertz CT molecular complexity index is 1460. The molecule has 12 nitrogen and oxygen atoms in total. The Morgan fingerprint density at radius 2 is 1.74 bits per heavy atom. The van der Waals surface area contributed by atoms with Gasteiger partial charge in [0.1, 0.15) is 5.84 Å². The fourth-order valence-electron chi connectivity index (χ4n) is 3.84. The first-order valence-corrected chi connectivity index (χ1v) is 13.3. The first-order valence-electron chi connectivity index (χ1n) is 12.9. The van der Waals surface area contributed by atoms with Crippen molar-refractivity contribution in [1.29, 1.82) is 5.41 Å². The second-order valence-corrected chi connectivity index (χ2v) is 9.82. The molecule has 0 saturated heterocycles. The van der Waals surface area contributed by atoms with Gasteiger partial charge < -0.3 is 42.0 Å². The standard InChI is InChI=1S/C29H33ClN6O6/c1-16(2)42-24-13-21(35-25(37)9-10-31)11-18(27(24)41-15-26(38)39)14-34-23-8-5-19(30)12-22(23)29(40)36-20-6-3-17(4-7-20)28(32)33/h3-8,11-13,16,34H,9-10,14-15,31H2,1-2H3,(H3,32,33)(H,35,37)(H,36,40)(H,38,39). The number of nitrogens with two attached hydrogens (primary N) is 2. The van der Waals surface area contributed by atoms with Crippen LogP contribution in [0.1, 0.15) is 41.8 Å². The fraction of sp³-hybridized carbons (Fsp3) is 0.241. The molecule has 0 aliphatic carbocycles. The first kappa shape index (κ1) is 31.7. The maximum absolute atomic E-state index is 13.2. The molecule has 2 amide bonds. The molecule has 0 atom stereocenters. The van der Waals surface area contributed by atoms with Gasteiger partial charge in [0.05, 0.1) is 11.7 Å². The molecule has 222 valence electrons. The van der Waals surface area contributed by atoms with E-state index in [0.717, 1.165) is 0 Å². The van der Waals surface area contributed by atoms with Crippen molar-refractivity contribution in [2.24, 2.45) is 11.5 Å². The van der Waals surface area contributed by atoms with E-state index in [1.54, 1.807) is 62.4 Å². The number of benzene rings is 3. The largest absolute Gasteiger partial charge is 0.487 e. The second-order valence-electron chi connectivity index (χ2n) is 9.39. The van der Waals surface area contributed by atoms with Crippen molar-refractivity contribution >= 4 is 52.3 Å². The average Bonchev–Trinajstić information content (AvgIpc) is 2.91. The number of carboxylic acids is 1. The van der Waals surface area contributed by atoms with E-state index in [4.69, 9.17) is 38.0 Å². The molecule has 42 heavy (non-hydrogen) atoms. The van der Waals surface area contributed by atoms with Gasteiger partial charge in [-0.25, -0.2) is 4.79 Å². The van der Waals surface area contributed by atoms with E-state index in [1.807, 2.05) is 0 Å². The number of rotatable bonds is 14. The van der Waals surface area contributed by atoms with Crippen LogP contribution in [0.3, 0.4) is 0 Å². The van der Waals surface area contributed by atoms with Crippen molar-refractivity contribution in [2.75, 3.05) is 29.1 Å². The number of amides is 2. The van der Waals surface area contributed by atoms with E-state index >= 15 is 0 Å². The maximum atomic E-state index is 13.2. The molecular formula is C29H33ClN6O6. The first-order chi connectivity index (χ1) is 20.0. The van der Waals surface area contributed by atoms with Gasteiger partial charge in [0, 0.05) is 58.8 Å². The molecule has 3 aromatic rings. The zero-order valence-corrected chi connectivity index (χ0v) is 23.9. The summed E-state index contributed by atoms with van der Waals surface area (Å²) in [6.45, 7) is 3.18. The summed E-state index contributed by atoms with van der Waals surface area (Å²) in [4.78, 5) is 36.8. The van der Waals surface area contributed by atoms with Gasteiger partial charge in [-0.15, -0.1) is 0 Å². The summed E-state index contributed by atoms with van der Waals surface area (Å²) < 4.78 is 11.5. The van der Waals surface area contributed by atoms with Crippen LogP contribution < -0.4 is 36.9 Å². The lowest BCUT2D eigenvalue weighted by Gasteiger charge is -2.20. The lowest BCUT2D eigenvalue weighted by atomic mass is 10.1. The predicted octanol–water partition coefficient (Wildman–Crippen LogP) is 4.03. The molecule has 0 aromatic heterocycles. The second kappa shape index (κ2) is 14.7. The number of nitrogens with one attached hydrogen (secondary N) is 4. The van der Waals surface area contributed by atoms with E-state index < -0.39 is 18.5 Å². The Balaban J connectivity index is 1.94. The third kappa shape index (κ3) is 9.11. The normalized spacial score (nSPS) is 10.6. The highest BCUT2D eigenvalue weighted by molar-refractivity contribution is 6.31. The Morgan fingerprint density at radius 1 is 1.02 bits per heavy atom. The van der Waals surface area contributed by atoms with Crippen LogP contribution in [0.25, 0.3) is 0 Å². The molecule has 3 aromatic carbocycles. The monoisotopic (exact) mass is 596 g/mol. The van der Waals surface area contributed by atoms with Crippen LogP contribution >= 0.6 is 11.6 Å². The van der Waals surface area contributed by atoms with E-state index in [2.05, 4.69) is 16.0 Å². The van der Waals surface area contributed by atoms with Gasteiger partial charge >= 0.3 is 5.97 Å². The van der Waals surface area contributed by atoms with Crippen LogP contribution in [0, 0.1) is 5.41 Å². The molecule has 0 fully saturated rings. The van der Waals surface area contributed by atoms with Gasteiger partial charge in [0.2, 0.25) is 5.91 Å². The number of ether oxygens (including phenoxy) is 2. The summed E-state index contributed by atoms with van der Waals surface area (Å²) in [6.07, 6.45) is -0.185. The molecule has 3 rings (SSSR count). The zero-order valence-electron chi connectivity index (χ0n) is 23.1. The third-order valence-corrected chi connectivity index (χ3v) is 5.87. The van der Waals surface area contributed by atoms with Crippen molar-refractivity contribution in [2.45, 2.75) is 32.9 Å². The summed E-state index contributed by atoms with van der Waals surface area (Å²) in [7, 11) is 0. The topological polar surface area (TPSA) is 202 Å². The quantitative estimate of drug-likeness (QED) is 0.106. The number of amidine groups is 1. The molecule has 9 N–H and O–H groups in total. The minimum absolute atomic E-state index is 0.0548. The Kier molecular flexibility index (Phi) is 11.1. The number of aliphatic carboxylic acids is 1. The number of anilines is 3. The van der Waals surface area contributed by atoms with Crippen molar-refractivity contribution < 1.29 is 29.0 Å². The predicted molar refractivity (Wildman–Crippen MR) is 162 cm³/mol. The molecule has 0 unspecified atom stereocenters. The number of hydrogen-bond donors (Lipinski definition) is 7. The van der Waals surface area contributed by atoms with Crippen LogP contribution in [0.15, 0.2) is 54.6 Å². The molecule has 0 spiro atoms. The van der Waals surface area contributed by atoms with E-state index in [0.29, 0.717) is 33.2 Å². The molecule has 0 aliphatic heterocycles. The molecule has 0 heterocycles. The van der Waals surface area contributed by atoms with Crippen LogP contribution in [0.2, 0.25) is 5.02 Å². The van der Waals surface area contributed by atoms with E-state index in [9.17, 15) is 19.5 Å². The zero-order chi connectivity index (χ0) is 30.8. The van der Waals surface area contributed by atoms with E-state index in [-0.39, 0.29) is 54.4 Å². The number of carbonyl (C=O) groups excluding carboxylic acids is 2. The number of halogens is 1. The molecule has 0 radical (unpaired) electrons. The summed E-state index contributed by atoms with van der Waals surface area (Å²) in [5.41, 5.74) is 13.5. The van der Waals surface area contributed by atoms with Crippen LogP contribution in [-0.4, -0.2) is 48.0 Å². The highest BCUT2D eigenvalue weighted by atomic mass is 35.5. The van der Waals surface area contributed by atoms with Crippen molar-refractivity contribution in [3.05, 3.63) is 76.3 Å². The number of carbonyl (C=O) groups is 3. The van der Waals surface area contributed by atoms with Crippen LogP contribution in [0.5, 0.6) is 11.5 Å². The van der Waals surface area contributed by atoms with Crippen molar-refractivity contribution in [1.82, 2.24) is 0 Å². The van der Waals surface area contributed by atoms with E-state index in [1.165, 1.54) is 6.07 Å². The number of nitrogen functional groups attached to an aromatic ring is 1. The highest BCUT2D eigenvalue weighted by Crippen LogP contribution is 2.37. The van der Waals surface area contributed by atoms with Gasteiger partial charge in [-0.05, 0) is 62.4 Å². The van der Waals surface area contributed by atoms with Gasteiger partial charge in [-0.2, -0.15) is 0 Å². The fourth-order valence-corrected chi connectivity index (χ4v) is 4.01. The number of carboxylic acid groups (broad SMARTS) is 1. The van der Waals surface area contributed by atoms with Gasteiger partial charge in [-0.3, -0.25) is 15.0 Å². The summed E-state index contributed by atoms with van der Waals surface area (Å²) in [5, 5.41) is 25.8. The van der Waals surface area contributed by atoms with Gasteiger partial charge in [0.25, 0.3) is 5.91 Å². The molecule has 0 aliphatic rings. The van der Waals surface area contributed by atoms with Crippen molar-refractivity contribution in [3.8, 4) is 11.5 Å². The number of hydrogen-bond acceptors (Lipinski definition) is 8. The Morgan fingerprint density at radius 3 is 2.36 bits per heavy atom. The Labute approximate surface area is 247 Å². The van der Waals surface area contributed by atoms with Crippen LogP contribution in [0.4, 0.5) is 17.1 Å². The molecule has 0 bridgehead atoms. The molecular weight excluding hydrogens is 564 g/mol. The minimum Gasteiger partial charge on any atom is -0.487 e. The average molecular weight is 597 g/mol. The van der Waals surface area contributed by atoms with Gasteiger partial charge in [-0.1, -0.05) is 11.6 Å². The van der Waals surface area contributed by atoms with Gasteiger partial charge in [0.15, 0.2) is 18.1 Å². The third-order valence-electron chi connectivity index (χ3n) is 5.64. The van der Waals surface area contributed by atoms with Crippen LogP contribution in [-0.2, 0) is 16.1 Å². The maximum Gasteiger partial charge on any atom is 0.341 e. The summed E-state index contributed by atoms with van der Waals surface area (Å²) in [6, 6.07) is 14.4. The molecule has 0 saturated carbocycles. The van der Waals surface area contributed by atoms with Crippen molar-refractivity contribution in [3.63, 3.8) is 0 Å². The minimum atomic E-state index is -1.18. The smallest absolute Gasteiger partial charge is 0.341 e. The molecule has 13 heteroatoms. The summed E-state index contributed by atoms with van der Waals surface area (Å²) >= 11 is 6.21. The SMILES string of the molecule is CC(C)Oc1cc(NC(=O)CCN)cc(CNc2ccc(Cl)cc2C(=O)Nc2ccc(C(=N)N)cc2)c1OCC(=O)O. The Hall–Kier alpha value is -4.81. The highest BCUT2D eigenvalue weighted by Gasteiger charge is 2.19.